The van der Waals surface area contributed by atoms with E-state index < -0.39 is 57.8 Å². The molecule has 0 aromatic carbocycles. The van der Waals surface area contributed by atoms with Crippen LogP contribution in [-0.2, 0) is 42.2 Å². The van der Waals surface area contributed by atoms with Crippen LogP contribution in [0.4, 0.5) is 0 Å². The van der Waals surface area contributed by atoms with Crippen molar-refractivity contribution in [2.75, 3.05) is 26.4 Å². The molecule has 11 nitrogen and oxygen atoms in total. The lowest BCUT2D eigenvalue weighted by molar-refractivity contribution is -0.161. The van der Waals surface area contributed by atoms with E-state index >= 15 is 0 Å². The summed E-state index contributed by atoms with van der Waals surface area (Å²) in [6.07, 6.45) is 33.7. The van der Waals surface area contributed by atoms with Gasteiger partial charge in [-0.25, -0.2) is 4.57 Å². The number of unbranched alkanes of at least 4 members (excludes halogenated alkanes) is 28. The minimum absolute atomic E-state index is 0.177. The number of carbonyl (C=O) groups is 3. The Kier molecular flexibility index (Phi) is 41.1. The first-order valence-corrected chi connectivity index (χ1v) is 25.4. The predicted octanol–water partition coefficient (Wildman–Crippen LogP) is 12.8. The molecule has 0 aliphatic carbocycles. The lowest BCUT2D eigenvalue weighted by Gasteiger charge is -2.21. The second-order valence-electron chi connectivity index (χ2n) is 16.3. The molecule has 0 saturated heterocycles. The summed E-state index contributed by atoms with van der Waals surface area (Å²) in [5.41, 5.74) is 0. The molecule has 0 rings (SSSR count). The summed E-state index contributed by atoms with van der Waals surface area (Å²) in [4.78, 5) is 48.0. The standard InChI is InChI=1S/C46H89O11P/c1-4-7-10-13-16-19-21-24-26-29-32-35-44(48)53-39-43(57-46(50)37-34-31-28-25-22-20-17-14-11-8-5-2)41-55-58(51,52)54-40-42(38-47)56-45(49)36-33-30-27-23-18-15-12-9-6-3/h42-43,47H,4-41H2,1-3H3,(H,51,52). The number of esters is 3. The fourth-order valence-electron chi connectivity index (χ4n) is 6.83. The monoisotopic (exact) mass is 849 g/mol. The molecule has 0 fully saturated rings. The third-order valence-electron chi connectivity index (χ3n) is 10.5. The van der Waals surface area contributed by atoms with E-state index in [1.807, 2.05) is 0 Å². The van der Waals surface area contributed by atoms with Gasteiger partial charge in [0.15, 0.2) is 6.10 Å². The van der Waals surface area contributed by atoms with Gasteiger partial charge < -0.3 is 24.2 Å². The molecule has 0 aromatic rings. The summed E-state index contributed by atoms with van der Waals surface area (Å²) in [6, 6.07) is 0. The van der Waals surface area contributed by atoms with Crippen LogP contribution < -0.4 is 0 Å². The van der Waals surface area contributed by atoms with Crippen LogP contribution in [0.3, 0.4) is 0 Å². The Bertz CT molecular complexity index is 995. The molecule has 2 N–H and O–H groups in total. The quantitative estimate of drug-likeness (QED) is 0.0260. The number of phosphoric acid groups is 1. The van der Waals surface area contributed by atoms with Gasteiger partial charge in [-0.05, 0) is 19.3 Å². The van der Waals surface area contributed by atoms with Crippen LogP contribution in [0.5, 0.6) is 0 Å². The normalized spacial score (nSPS) is 13.5. The Morgan fingerprint density at radius 2 is 0.690 bits per heavy atom. The van der Waals surface area contributed by atoms with Crippen LogP contribution in [0.2, 0.25) is 0 Å². The maximum atomic E-state index is 12.8. The first-order chi connectivity index (χ1) is 28.2. The Balaban J connectivity index is 4.72. The molecule has 0 aliphatic rings. The van der Waals surface area contributed by atoms with Crippen LogP contribution in [0.25, 0.3) is 0 Å². The second-order valence-corrected chi connectivity index (χ2v) is 17.8. The topological polar surface area (TPSA) is 155 Å². The summed E-state index contributed by atoms with van der Waals surface area (Å²) in [6.45, 7) is 4.61. The van der Waals surface area contributed by atoms with E-state index in [0.29, 0.717) is 19.3 Å². The van der Waals surface area contributed by atoms with Gasteiger partial charge in [0, 0.05) is 19.3 Å². The molecule has 0 aliphatic heterocycles. The molecule has 0 spiro atoms. The Morgan fingerprint density at radius 3 is 1.02 bits per heavy atom. The van der Waals surface area contributed by atoms with Crippen molar-refractivity contribution in [3.05, 3.63) is 0 Å². The minimum Gasteiger partial charge on any atom is -0.462 e. The number of hydrogen-bond donors (Lipinski definition) is 2. The number of phosphoric ester groups is 1. The van der Waals surface area contributed by atoms with E-state index in [-0.39, 0.29) is 25.9 Å². The molecular formula is C46H89O11P. The Morgan fingerprint density at radius 1 is 0.414 bits per heavy atom. The largest absolute Gasteiger partial charge is 0.472 e. The fourth-order valence-corrected chi connectivity index (χ4v) is 7.61. The van der Waals surface area contributed by atoms with Crippen LogP contribution in [-0.4, -0.2) is 66.5 Å². The van der Waals surface area contributed by atoms with E-state index in [9.17, 15) is 28.9 Å². The first-order valence-electron chi connectivity index (χ1n) is 23.9. The van der Waals surface area contributed by atoms with Crippen LogP contribution >= 0.6 is 7.82 Å². The average molecular weight is 849 g/mol. The molecule has 12 heteroatoms. The zero-order valence-electron chi connectivity index (χ0n) is 37.5. The van der Waals surface area contributed by atoms with Gasteiger partial charge in [0.1, 0.15) is 12.7 Å². The van der Waals surface area contributed by atoms with Crippen LogP contribution in [0.1, 0.15) is 239 Å². The van der Waals surface area contributed by atoms with Crippen molar-refractivity contribution in [3.63, 3.8) is 0 Å². The summed E-state index contributed by atoms with van der Waals surface area (Å²) in [5.74, 6) is -1.45. The lowest BCUT2D eigenvalue weighted by atomic mass is 10.1. The van der Waals surface area contributed by atoms with Gasteiger partial charge >= 0.3 is 25.7 Å². The zero-order chi connectivity index (χ0) is 42.8. The third kappa shape index (κ3) is 39.9. The van der Waals surface area contributed by atoms with Gasteiger partial charge in [0.05, 0.1) is 19.8 Å². The number of rotatable bonds is 45. The van der Waals surface area contributed by atoms with Crippen molar-refractivity contribution in [1.29, 1.82) is 0 Å². The van der Waals surface area contributed by atoms with E-state index in [2.05, 4.69) is 20.8 Å². The van der Waals surface area contributed by atoms with Crippen molar-refractivity contribution in [2.45, 2.75) is 251 Å². The van der Waals surface area contributed by atoms with Crippen LogP contribution in [0, 0.1) is 0 Å². The molecule has 344 valence electrons. The maximum Gasteiger partial charge on any atom is 0.472 e. The van der Waals surface area contributed by atoms with Gasteiger partial charge in [-0.15, -0.1) is 0 Å². The minimum atomic E-state index is -4.72. The van der Waals surface area contributed by atoms with Crippen LogP contribution in [0.15, 0.2) is 0 Å². The van der Waals surface area contributed by atoms with Crippen molar-refractivity contribution in [2.24, 2.45) is 0 Å². The SMILES string of the molecule is CCCCCCCCCCCCCC(=O)OCC(COP(=O)(O)OCC(CO)OC(=O)CCCCCCCCCCC)OC(=O)CCCCCCCCCCCCC. The average Bonchev–Trinajstić information content (AvgIpc) is 3.20. The summed E-state index contributed by atoms with van der Waals surface area (Å²) in [5, 5.41) is 9.70. The number of aliphatic hydroxyl groups excluding tert-OH is 1. The number of aliphatic hydroxyl groups is 1. The van der Waals surface area contributed by atoms with Gasteiger partial charge in [0.25, 0.3) is 0 Å². The highest BCUT2D eigenvalue weighted by Crippen LogP contribution is 2.43. The fraction of sp³-hybridized carbons (Fsp3) is 0.935. The molecule has 0 radical (unpaired) electrons. The molecule has 3 unspecified atom stereocenters. The summed E-state index contributed by atoms with van der Waals surface area (Å²) >= 11 is 0. The smallest absolute Gasteiger partial charge is 0.462 e. The highest BCUT2D eigenvalue weighted by molar-refractivity contribution is 7.47. The Hall–Kier alpha value is -1.52. The first kappa shape index (κ1) is 56.5. The maximum absolute atomic E-state index is 12.8. The lowest BCUT2D eigenvalue weighted by Crippen LogP contribution is -2.30. The number of hydrogen-bond acceptors (Lipinski definition) is 10. The molecule has 0 saturated carbocycles. The molecule has 58 heavy (non-hydrogen) atoms. The second kappa shape index (κ2) is 42.2. The van der Waals surface area contributed by atoms with E-state index in [0.717, 1.165) is 57.8 Å². The zero-order valence-corrected chi connectivity index (χ0v) is 38.4. The molecule has 3 atom stereocenters. The molecule has 0 aromatic heterocycles. The van der Waals surface area contributed by atoms with Gasteiger partial charge in [-0.3, -0.25) is 23.4 Å². The van der Waals surface area contributed by atoms with Gasteiger partial charge in [-0.1, -0.05) is 201 Å². The summed E-state index contributed by atoms with van der Waals surface area (Å²) in [7, 11) is -4.72. The molecule has 0 heterocycles. The number of ether oxygens (including phenoxy) is 3. The van der Waals surface area contributed by atoms with E-state index in [4.69, 9.17) is 23.3 Å². The number of carbonyl (C=O) groups excluding carboxylic acids is 3. The predicted molar refractivity (Wildman–Crippen MR) is 234 cm³/mol. The highest BCUT2D eigenvalue weighted by Gasteiger charge is 2.28. The van der Waals surface area contributed by atoms with Gasteiger partial charge in [0.2, 0.25) is 0 Å². The van der Waals surface area contributed by atoms with E-state index in [1.54, 1.807) is 0 Å². The Labute approximate surface area is 354 Å². The van der Waals surface area contributed by atoms with Gasteiger partial charge in [-0.2, -0.15) is 0 Å². The van der Waals surface area contributed by atoms with Crippen molar-refractivity contribution in [3.8, 4) is 0 Å². The molecule has 0 bridgehead atoms. The van der Waals surface area contributed by atoms with E-state index in [1.165, 1.54) is 122 Å². The third-order valence-corrected chi connectivity index (χ3v) is 11.5. The van der Waals surface area contributed by atoms with Crippen molar-refractivity contribution in [1.82, 2.24) is 0 Å². The highest BCUT2D eigenvalue weighted by atomic mass is 31.2. The molecule has 0 amide bonds. The molecular weight excluding hydrogens is 759 g/mol. The summed E-state index contributed by atoms with van der Waals surface area (Å²) < 4.78 is 39.1. The van der Waals surface area contributed by atoms with Crippen molar-refractivity contribution >= 4 is 25.7 Å². The van der Waals surface area contributed by atoms with Crippen molar-refractivity contribution < 1.29 is 52.2 Å².